The van der Waals surface area contributed by atoms with E-state index < -0.39 is 52.0 Å². The minimum atomic E-state index is -4.05. The molecule has 1 aliphatic heterocycles. The summed E-state index contributed by atoms with van der Waals surface area (Å²) in [6, 6.07) is 16.1. The number of nitrogens with one attached hydrogen (secondary N) is 1. The van der Waals surface area contributed by atoms with Crippen LogP contribution < -0.4 is 10.1 Å². The van der Waals surface area contributed by atoms with E-state index in [1.807, 2.05) is 44.2 Å². The quantitative estimate of drug-likeness (QED) is 0.165. The lowest BCUT2D eigenvalue weighted by Crippen LogP contribution is -2.57. The van der Waals surface area contributed by atoms with Crippen LogP contribution in [-0.2, 0) is 39.6 Å². The normalized spacial score (nSPS) is 15.6. The van der Waals surface area contributed by atoms with Crippen molar-refractivity contribution in [3.05, 3.63) is 84.3 Å². The second kappa shape index (κ2) is 16.2. The molecule has 0 bridgehead atoms. The van der Waals surface area contributed by atoms with Crippen LogP contribution in [0.25, 0.3) is 11.2 Å². The van der Waals surface area contributed by atoms with Gasteiger partial charge >= 0.3 is 6.03 Å². The Labute approximate surface area is 304 Å². The molecule has 15 heteroatoms. The van der Waals surface area contributed by atoms with Crippen molar-refractivity contribution in [1.82, 2.24) is 34.0 Å². The standard InChI is InChI=1S/C37H47N7O7S/c1-24(2)20-42(52(49,50)28-16-14-27(51-6)15-17-28)21-31(45)30(19-26-11-8-7-9-12-26)40-36(47)34(25(3)4)44-23-33(46)43(37(44)48)22-32-39-29-13-10-18-38-35(29)41(32)5/h7-18,24-25,30-31,34,45H,19-23H2,1-6H3,(H,40,47)/t30-,31-,34-/m0/s1. The van der Waals surface area contributed by atoms with Gasteiger partial charge in [-0.15, -0.1) is 0 Å². The number of aliphatic hydroxyl groups excluding tert-OH is 1. The lowest BCUT2D eigenvalue weighted by Gasteiger charge is -2.34. The number of hydrogen-bond donors (Lipinski definition) is 2. The van der Waals surface area contributed by atoms with Gasteiger partial charge in [0.25, 0.3) is 5.91 Å². The Morgan fingerprint density at radius 2 is 1.69 bits per heavy atom. The van der Waals surface area contributed by atoms with Crippen LogP contribution in [0.3, 0.4) is 0 Å². The number of carbonyl (C=O) groups excluding carboxylic acids is 3. The summed E-state index contributed by atoms with van der Waals surface area (Å²) in [4.78, 5) is 52.5. The zero-order valence-electron chi connectivity index (χ0n) is 30.3. The first-order valence-corrected chi connectivity index (χ1v) is 18.7. The maximum atomic E-state index is 14.2. The Morgan fingerprint density at radius 1 is 1.00 bits per heavy atom. The first kappa shape index (κ1) is 38.4. The third-order valence-electron chi connectivity index (χ3n) is 9.09. The molecule has 0 spiro atoms. The number of rotatable bonds is 16. The molecular formula is C37H47N7O7S. The fourth-order valence-electron chi connectivity index (χ4n) is 6.42. The number of hydrogen-bond acceptors (Lipinski definition) is 9. The SMILES string of the molecule is COc1ccc(S(=O)(=O)N(CC(C)C)C[C@H](O)[C@H](Cc2ccccc2)NC(=O)[C@H](C(C)C)N2CC(=O)N(Cc3nc4cccnc4n3C)C2=O)cc1. The Hall–Kier alpha value is -4.86. The molecule has 1 aliphatic rings. The summed E-state index contributed by atoms with van der Waals surface area (Å²) in [5.41, 5.74) is 2.04. The summed E-state index contributed by atoms with van der Waals surface area (Å²) in [5.74, 6) is -0.572. The van der Waals surface area contributed by atoms with Crippen LogP contribution in [0.15, 0.2) is 77.8 Å². The Kier molecular flexibility index (Phi) is 12.0. The smallest absolute Gasteiger partial charge is 0.328 e. The van der Waals surface area contributed by atoms with Gasteiger partial charge in [-0.2, -0.15) is 4.31 Å². The monoisotopic (exact) mass is 733 g/mol. The fraction of sp³-hybridized carbons (Fsp3) is 0.432. The van der Waals surface area contributed by atoms with Crippen LogP contribution in [0, 0.1) is 11.8 Å². The van der Waals surface area contributed by atoms with E-state index in [2.05, 4.69) is 15.3 Å². The molecule has 3 heterocycles. The van der Waals surface area contributed by atoms with E-state index in [1.54, 1.807) is 55.9 Å². The van der Waals surface area contributed by atoms with E-state index in [-0.39, 0.29) is 43.4 Å². The van der Waals surface area contributed by atoms with Crippen molar-refractivity contribution in [1.29, 1.82) is 0 Å². The summed E-state index contributed by atoms with van der Waals surface area (Å²) in [7, 11) is -0.804. The van der Waals surface area contributed by atoms with Crippen LogP contribution in [-0.4, -0.2) is 105 Å². The third kappa shape index (κ3) is 8.43. The number of pyridine rings is 1. The van der Waals surface area contributed by atoms with Gasteiger partial charge in [-0.25, -0.2) is 23.2 Å². The fourth-order valence-corrected chi connectivity index (χ4v) is 8.04. The molecule has 0 radical (unpaired) electrons. The molecule has 4 amide bonds. The van der Waals surface area contributed by atoms with E-state index in [0.29, 0.717) is 22.7 Å². The highest BCUT2D eigenvalue weighted by atomic mass is 32.2. The van der Waals surface area contributed by atoms with Gasteiger partial charge < -0.3 is 24.6 Å². The molecule has 278 valence electrons. The summed E-state index contributed by atoms with van der Waals surface area (Å²) >= 11 is 0. The Morgan fingerprint density at radius 3 is 2.31 bits per heavy atom. The van der Waals surface area contributed by atoms with E-state index in [4.69, 9.17) is 4.74 Å². The van der Waals surface area contributed by atoms with Crippen molar-refractivity contribution in [2.24, 2.45) is 18.9 Å². The molecule has 2 aromatic heterocycles. The van der Waals surface area contributed by atoms with Gasteiger partial charge in [0.05, 0.1) is 30.7 Å². The van der Waals surface area contributed by atoms with Crippen LogP contribution in [0.1, 0.15) is 39.1 Å². The molecule has 1 saturated heterocycles. The topological polar surface area (TPSA) is 167 Å². The molecule has 2 N–H and O–H groups in total. The second-order valence-corrected chi connectivity index (χ2v) is 15.7. The zero-order valence-corrected chi connectivity index (χ0v) is 31.2. The number of aromatic nitrogens is 3. The van der Waals surface area contributed by atoms with Crippen molar-refractivity contribution in [3.8, 4) is 5.75 Å². The molecule has 2 aromatic carbocycles. The third-order valence-corrected chi connectivity index (χ3v) is 10.9. The number of aliphatic hydroxyl groups is 1. The molecule has 1 fully saturated rings. The van der Waals surface area contributed by atoms with Gasteiger partial charge in [-0.3, -0.25) is 14.5 Å². The number of imidazole rings is 1. The summed E-state index contributed by atoms with van der Waals surface area (Å²) in [5, 5.41) is 14.7. The summed E-state index contributed by atoms with van der Waals surface area (Å²) in [6.07, 6.45) is 0.468. The van der Waals surface area contributed by atoms with Gasteiger partial charge in [0.15, 0.2) is 5.65 Å². The van der Waals surface area contributed by atoms with Crippen LogP contribution in [0.5, 0.6) is 5.75 Å². The molecular weight excluding hydrogens is 687 g/mol. The van der Waals surface area contributed by atoms with Gasteiger partial charge in [0, 0.05) is 26.3 Å². The van der Waals surface area contributed by atoms with Crippen LogP contribution >= 0.6 is 0 Å². The molecule has 52 heavy (non-hydrogen) atoms. The maximum Gasteiger partial charge on any atom is 0.328 e. The zero-order chi connectivity index (χ0) is 37.7. The first-order chi connectivity index (χ1) is 24.7. The molecule has 3 atom stereocenters. The van der Waals surface area contributed by atoms with Gasteiger partial charge in [0.2, 0.25) is 15.9 Å². The van der Waals surface area contributed by atoms with Crippen LogP contribution in [0.4, 0.5) is 4.79 Å². The number of carbonyl (C=O) groups is 3. The lowest BCUT2D eigenvalue weighted by atomic mass is 9.97. The minimum absolute atomic E-state index is 0.0429. The number of aryl methyl sites for hydroxylation is 1. The van der Waals surface area contributed by atoms with Crippen LogP contribution in [0.2, 0.25) is 0 Å². The predicted molar refractivity (Wildman–Crippen MR) is 194 cm³/mol. The number of sulfonamides is 1. The molecule has 0 saturated carbocycles. The van der Waals surface area contributed by atoms with E-state index in [0.717, 1.165) is 10.5 Å². The Bertz CT molecular complexity index is 1980. The number of benzene rings is 2. The number of urea groups is 1. The van der Waals surface area contributed by atoms with Gasteiger partial charge in [-0.1, -0.05) is 58.0 Å². The number of nitrogens with zero attached hydrogens (tertiary/aromatic N) is 6. The molecule has 14 nitrogen and oxygen atoms in total. The van der Waals surface area contributed by atoms with Crippen molar-refractivity contribution in [2.75, 3.05) is 26.7 Å². The average molecular weight is 734 g/mol. The average Bonchev–Trinajstić information content (AvgIpc) is 3.57. The summed E-state index contributed by atoms with van der Waals surface area (Å²) in [6.45, 7) is 6.70. The highest BCUT2D eigenvalue weighted by Crippen LogP contribution is 2.25. The van der Waals surface area contributed by atoms with Gasteiger partial charge in [0.1, 0.15) is 29.7 Å². The van der Waals surface area contributed by atoms with E-state index >= 15 is 0 Å². The molecule has 0 unspecified atom stereocenters. The second-order valence-electron chi connectivity index (χ2n) is 13.8. The van der Waals surface area contributed by atoms with Crippen molar-refractivity contribution < 1.29 is 32.6 Å². The number of ether oxygens (including phenoxy) is 1. The van der Waals surface area contributed by atoms with Crippen molar-refractivity contribution >= 4 is 39.0 Å². The predicted octanol–water partition coefficient (Wildman–Crippen LogP) is 3.20. The van der Waals surface area contributed by atoms with Gasteiger partial charge in [-0.05, 0) is 60.2 Å². The van der Waals surface area contributed by atoms with Crippen molar-refractivity contribution in [2.45, 2.75) is 63.7 Å². The maximum absolute atomic E-state index is 14.2. The highest BCUT2D eigenvalue weighted by molar-refractivity contribution is 7.89. The summed E-state index contributed by atoms with van der Waals surface area (Å²) < 4.78 is 35.9. The number of fused-ring (bicyclic) bond motifs is 1. The largest absolute Gasteiger partial charge is 0.497 e. The number of amides is 4. The highest BCUT2D eigenvalue weighted by Gasteiger charge is 2.45. The Balaban J connectivity index is 1.38. The molecule has 5 rings (SSSR count). The minimum Gasteiger partial charge on any atom is -0.497 e. The number of imide groups is 1. The van der Waals surface area contributed by atoms with Crippen molar-refractivity contribution in [3.63, 3.8) is 0 Å². The van der Waals surface area contributed by atoms with E-state index in [1.165, 1.54) is 28.4 Å². The number of methoxy groups -OCH3 is 1. The molecule has 0 aliphatic carbocycles. The molecule has 4 aromatic rings. The van der Waals surface area contributed by atoms with E-state index in [9.17, 15) is 27.9 Å². The lowest BCUT2D eigenvalue weighted by molar-refractivity contribution is -0.129. The first-order valence-electron chi connectivity index (χ1n) is 17.2.